The van der Waals surface area contributed by atoms with E-state index in [-0.39, 0.29) is 54.1 Å². The van der Waals surface area contributed by atoms with Gasteiger partial charge in [-0.2, -0.15) is 0 Å². The molecule has 6 aliphatic heterocycles. The van der Waals surface area contributed by atoms with Crippen LogP contribution in [0.3, 0.4) is 0 Å². The van der Waals surface area contributed by atoms with E-state index < -0.39 is 45.5 Å². The fourth-order valence-corrected chi connectivity index (χ4v) is 53.0. The summed E-state index contributed by atoms with van der Waals surface area (Å²) in [7, 11) is 6.89. The first-order valence-electron chi connectivity index (χ1n) is 50.4. The number of thiocarbonyl (C=S) groups is 1. The largest absolute Gasteiger partial charge is 0.485 e. The molecule has 6 N–H and O–H groups in total. The maximum Gasteiger partial charge on any atom is 0.406 e. The van der Waals surface area contributed by atoms with Crippen molar-refractivity contribution in [2.24, 2.45) is 23.3 Å². The number of nitrogen functional groups attached to an aromatic ring is 1. The van der Waals surface area contributed by atoms with Crippen LogP contribution in [0.4, 0.5) is 17.5 Å². The number of halogens is 3. The number of unbranched alkanes of at least 4 members (excludes halogenated alkanes) is 6. The van der Waals surface area contributed by atoms with Gasteiger partial charge >= 0.3 is 269 Å². The molecular formula is C103H146BrCl2N15O15S5Sn2. The van der Waals surface area contributed by atoms with E-state index in [9.17, 15) is 25.0 Å². The van der Waals surface area contributed by atoms with Crippen LogP contribution in [-0.4, -0.2) is 198 Å². The Hall–Kier alpha value is -7.13. The number of aromatic nitrogens is 10. The van der Waals surface area contributed by atoms with Crippen LogP contribution in [0.5, 0.6) is 17.2 Å². The third kappa shape index (κ3) is 45.1. The molecule has 143 heavy (non-hydrogen) atoms. The number of carbonyl (C=O) groups is 2. The molecule has 6 aliphatic rings. The Kier molecular flexibility index (Phi) is 59.9. The summed E-state index contributed by atoms with van der Waals surface area (Å²) in [4.78, 5) is 85.5. The van der Waals surface area contributed by atoms with Crippen molar-refractivity contribution in [3.63, 3.8) is 0 Å². The van der Waals surface area contributed by atoms with Crippen LogP contribution in [0.1, 0.15) is 256 Å². The zero-order valence-electron chi connectivity index (χ0n) is 83.7. The molecular weight excluding hydrogens is 2240 g/mol. The fourth-order valence-electron chi connectivity index (χ4n) is 16.4. The molecule has 10 aromatic heterocycles. The predicted octanol–water partition coefficient (Wildman–Crippen LogP) is 25.1. The number of nitrogens with zero attached hydrogens (tertiary/aromatic N) is 12. The average molecular weight is 2380 g/mol. The van der Waals surface area contributed by atoms with Gasteiger partial charge in [0.25, 0.3) is 0 Å². The molecule has 0 aliphatic carbocycles. The number of amides is 1. The summed E-state index contributed by atoms with van der Waals surface area (Å²) < 4.78 is 60.2. The zero-order chi connectivity index (χ0) is 103. The molecule has 6 saturated heterocycles. The van der Waals surface area contributed by atoms with Gasteiger partial charge in [0.15, 0.2) is 17.8 Å². The fraction of sp³-hybridized carbons (Fsp3) is 0.563. The number of nitrogens with two attached hydrogens (primary N) is 3. The molecule has 30 nitrogen and oxygen atoms in total. The SMILES string of the molecule is CCC[CH2][Sn]([CH2]CCC)([CH2]CCC)[c]1cnc(C2CCOCC2)s1.CCC[CH2][Sn]([Cl])([CH2]CCC)[CH2]CCC.NC(=O)C1CCOCC1.NC(=S)C1CCOCC1.Nc1ncc(-c2cnc(C3CCOCC3)s2)cc1OCc1ccncc1.O=CCCl.O=[N+]([O-])c1ncc(-c2cnc(C3CCOCC3)s2)cc1OCc1ccncc1.O=[N+]([O-])c1ncc(Br)cc1OCc1ccncc1.c1csc(C2CCOCC2)n1. The molecule has 0 unspecified atom stereocenters. The smallest absolute Gasteiger partial charge is 0.406 e. The molecule has 16 rings (SSSR count). The summed E-state index contributed by atoms with van der Waals surface area (Å²) in [5.41, 5.74) is 21.0. The predicted molar refractivity (Wildman–Crippen MR) is 587 cm³/mol. The normalized spacial score (nSPS) is 15.3. The molecule has 0 radical (unpaired) electrons. The average Bonchev–Trinajstić information content (AvgIpc) is 1.70. The van der Waals surface area contributed by atoms with E-state index in [0.717, 1.165) is 173 Å². The molecule has 0 spiro atoms. The monoisotopic (exact) mass is 2380 g/mol. The summed E-state index contributed by atoms with van der Waals surface area (Å²) in [5, 5.41) is 29.1. The van der Waals surface area contributed by atoms with E-state index in [2.05, 4.69) is 120 Å². The molecule has 1 amide bonds. The molecule has 6 fully saturated rings. The van der Waals surface area contributed by atoms with Crippen molar-refractivity contribution in [1.82, 2.24) is 49.8 Å². The van der Waals surface area contributed by atoms with Gasteiger partial charge < -0.3 is 80.1 Å². The number of primary amides is 1. The van der Waals surface area contributed by atoms with Crippen LogP contribution in [0.15, 0.2) is 145 Å². The quantitative estimate of drug-likeness (QED) is 0.00804. The number of carbonyl (C=O) groups excluding carboxylic acids is 2. The zero-order valence-corrected chi connectivity index (χ0v) is 96.6. The first kappa shape index (κ1) is 121. The van der Waals surface area contributed by atoms with Crippen molar-refractivity contribution in [1.29, 1.82) is 0 Å². The summed E-state index contributed by atoms with van der Waals surface area (Å²) in [6.45, 7) is 24.6. The van der Waals surface area contributed by atoms with Crippen molar-refractivity contribution in [3.8, 4) is 38.1 Å². The summed E-state index contributed by atoms with van der Waals surface area (Å²) >= 11 is 15.7. The second-order valence-corrected chi connectivity index (χ2v) is 71.8. The van der Waals surface area contributed by atoms with Crippen molar-refractivity contribution < 1.29 is 62.1 Å². The molecule has 40 heteroatoms. The van der Waals surface area contributed by atoms with E-state index >= 15 is 0 Å². The third-order valence-electron chi connectivity index (χ3n) is 25.0. The number of aldehydes is 1. The Bertz CT molecular complexity index is 5110. The maximum absolute atomic E-state index is 11.3. The molecule has 0 aromatic carbocycles. The van der Waals surface area contributed by atoms with Crippen LogP contribution >= 0.6 is 94.0 Å². The summed E-state index contributed by atoms with van der Waals surface area (Å²) in [6.07, 6.45) is 52.0. The van der Waals surface area contributed by atoms with Gasteiger partial charge in [-0.3, -0.25) is 19.7 Å². The van der Waals surface area contributed by atoms with Crippen LogP contribution in [0.2, 0.25) is 26.6 Å². The van der Waals surface area contributed by atoms with Crippen molar-refractivity contribution >= 4 is 167 Å². The van der Waals surface area contributed by atoms with E-state index in [4.69, 9.17) is 102 Å². The number of ether oxygens (including phenoxy) is 9. The van der Waals surface area contributed by atoms with E-state index in [1.807, 2.05) is 36.0 Å². The minimum Gasteiger partial charge on any atom is -0.485 e. The van der Waals surface area contributed by atoms with Crippen LogP contribution in [0, 0.1) is 32.1 Å². The van der Waals surface area contributed by atoms with Gasteiger partial charge in [-0.1, -0.05) is 12.2 Å². The third-order valence-corrected chi connectivity index (χ3v) is 63.0. The van der Waals surface area contributed by atoms with E-state index in [1.165, 1.54) is 137 Å². The second kappa shape index (κ2) is 70.7. The standard InChI is InChI=1S/C19H18N4O4S.C19H20N4O2S.C11H8BrN3O3.C8H11NOS.C8H10NOS.C6H11NO2.C6H11NOS.6C4H9.C2H3ClO.ClH.2Sn/c24-23(25)18-16(27-12-13-1-5-20-6-2-13)9-15(10-21-18)17-11-22-19(28-17)14-3-7-26-8-4-14;20-18-16(25-12-13-1-5-21-6-2-13)9-15(10-22-18)17-11-23-19(26-17)14-3-7-24-8-4-14;12-9-5-10(11(14-6-9)15(16)17)18-7-8-1-3-13-4-2-8;2*1-4-10-5-2-7(1)8-9-3-6-11-8;7-6(8)5-1-3-9-4-2-5;7-6(9)5-1-3-8-4-2-5;6*1-3-4-2;3-1-2-4;;;/h1-2,5-6,9-11,14H,3-4,7-8,12H2;1-2,5-6,9-11,14H,3-4,7-8,12H2,(H2,20,22);1-6H,7H2;3,6-7H,1-2,4-5H2;3,7H,1-2,4-5H2;5H,1-4H2,(H2,7,8);5H,1-4H2,(H2,7,9);6*1,3-4H2,2H3;2H,1H2;1H;;/q;;;;;;;;;;;;;;;;+1/p-1. The Morgan fingerprint density at radius 2 is 0.797 bits per heavy atom. The topological polar surface area (TPSA) is 410 Å². The van der Waals surface area contributed by atoms with Crippen molar-refractivity contribution in [3.05, 3.63) is 202 Å². The van der Waals surface area contributed by atoms with Gasteiger partial charge in [0.2, 0.25) is 17.4 Å². The van der Waals surface area contributed by atoms with Crippen LogP contribution in [0.25, 0.3) is 20.9 Å². The summed E-state index contributed by atoms with van der Waals surface area (Å²) in [5.74, 6) is 3.31. The Morgan fingerprint density at radius 1 is 0.462 bits per heavy atom. The van der Waals surface area contributed by atoms with Crippen molar-refractivity contribution in [2.45, 2.75) is 266 Å². The first-order chi connectivity index (χ1) is 69.6. The number of pyridine rings is 6. The Labute approximate surface area is 890 Å². The van der Waals surface area contributed by atoms with Crippen LogP contribution in [-0.2, 0) is 57.8 Å². The molecule has 16 heterocycles. The number of rotatable bonds is 39. The molecule has 0 saturated carbocycles. The first-order valence-corrected chi connectivity index (χ1v) is 72.6. The van der Waals surface area contributed by atoms with Gasteiger partial charge in [0.05, 0.1) is 40.1 Å². The van der Waals surface area contributed by atoms with Gasteiger partial charge in [0, 0.05) is 186 Å². The van der Waals surface area contributed by atoms with Gasteiger partial charge in [0.1, 0.15) is 32.3 Å². The van der Waals surface area contributed by atoms with E-state index in [1.54, 1.807) is 130 Å². The number of hydrogen-bond donors (Lipinski definition) is 3. The number of thiazole rings is 4. The second-order valence-electron chi connectivity index (χ2n) is 35.6. The summed E-state index contributed by atoms with van der Waals surface area (Å²) in [6, 6.07) is 16.1. The van der Waals surface area contributed by atoms with Gasteiger partial charge in [-0.25, -0.2) is 19.9 Å². The minimum atomic E-state index is -2.25. The maximum atomic E-state index is 11.3. The van der Waals surface area contributed by atoms with Gasteiger partial charge in [-0.05, 0) is 159 Å². The molecule has 0 atom stereocenters. The van der Waals surface area contributed by atoms with Crippen LogP contribution < -0.4 is 34.3 Å². The number of nitro groups is 2. The number of anilines is 1. The molecule has 10 aromatic rings. The minimum absolute atomic E-state index is 0.0683. The number of hydrogen-bond acceptors (Lipinski definition) is 31. The number of alkyl halides is 1. The van der Waals surface area contributed by atoms with Crippen molar-refractivity contribution in [2.75, 3.05) is 90.9 Å². The molecule has 782 valence electrons. The Morgan fingerprint density at radius 3 is 1.15 bits per heavy atom. The van der Waals surface area contributed by atoms with Gasteiger partial charge in [-0.15, -0.1) is 45.6 Å². The molecule has 0 bridgehead atoms. The Balaban J connectivity index is 0.000000205. The van der Waals surface area contributed by atoms with E-state index in [0.29, 0.717) is 76.7 Å².